The molecule has 0 unspecified atom stereocenters. The van der Waals surface area contributed by atoms with Gasteiger partial charge in [-0.25, -0.2) is 9.97 Å². The highest BCUT2D eigenvalue weighted by Gasteiger charge is 2.15. The molecule has 0 spiro atoms. The highest BCUT2D eigenvalue weighted by molar-refractivity contribution is 5.59. The van der Waals surface area contributed by atoms with Crippen molar-refractivity contribution < 1.29 is 0 Å². The van der Waals surface area contributed by atoms with E-state index in [2.05, 4.69) is 54.4 Å². The first-order chi connectivity index (χ1) is 10.8. The van der Waals surface area contributed by atoms with Crippen LogP contribution >= 0.6 is 0 Å². The molecule has 1 aliphatic heterocycles. The number of aryl methyl sites for hydroxylation is 2. The Morgan fingerprint density at radius 3 is 2.68 bits per heavy atom. The van der Waals surface area contributed by atoms with Gasteiger partial charge in [-0.05, 0) is 19.4 Å². The molecule has 1 N–H and O–H groups in total. The van der Waals surface area contributed by atoms with Crippen molar-refractivity contribution >= 4 is 5.82 Å². The second-order valence-corrected chi connectivity index (χ2v) is 5.90. The van der Waals surface area contributed by atoms with Crippen molar-refractivity contribution in [2.45, 2.75) is 26.7 Å². The molecule has 1 aromatic carbocycles. The van der Waals surface area contributed by atoms with Gasteiger partial charge in [0.05, 0.1) is 0 Å². The molecule has 1 fully saturated rings. The van der Waals surface area contributed by atoms with Gasteiger partial charge in [-0.3, -0.25) is 0 Å². The van der Waals surface area contributed by atoms with E-state index in [9.17, 15) is 0 Å². The number of hydrogen-bond acceptors (Lipinski definition) is 4. The average Bonchev–Trinajstić information content (AvgIpc) is 2.56. The standard InChI is InChI=1S/C18H24N4/c1-3-5-16-13-17(22-10-8-19-9-11-22)21-18(20-16)15-7-4-6-14(2)12-15/h4,6-7,12-13,19H,3,5,8-11H2,1-2H3. The number of aromatic nitrogens is 2. The predicted octanol–water partition coefficient (Wildman–Crippen LogP) is 2.81. The third-order valence-corrected chi connectivity index (χ3v) is 3.99. The number of rotatable bonds is 4. The number of anilines is 1. The van der Waals surface area contributed by atoms with Crippen molar-refractivity contribution in [1.29, 1.82) is 0 Å². The summed E-state index contributed by atoms with van der Waals surface area (Å²) < 4.78 is 0. The van der Waals surface area contributed by atoms with Crippen molar-refractivity contribution in [3.63, 3.8) is 0 Å². The second kappa shape index (κ2) is 6.88. The summed E-state index contributed by atoms with van der Waals surface area (Å²) in [5.74, 6) is 1.92. The number of piperazine rings is 1. The number of nitrogens with zero attached hydrogens (tertiary/aromatic N) is 3. The highest BCUT2D eigenvalue weighted by Crippen LogP contribution is 2.22. The van der Waals surface area contributed by atoms with Gasteiger partial charge in [-0.1, -0.05) is 37.1 Å². The molecule has 0 bridgehead atoms. The molecule has 0 aliphatic carbocycles. The van der Waals surface area contributed by atoms with Gasteiger partial charge in [0.1, 0.15) is 5.82 Å². The first-order valence-electron chi connectivity index (χ1n) is 8.17. The molecule has 0 atom stereocenters. The summed E-state index contributed by atoms with van der Waals surface area (Å²) in [6.07, 6.45) is 2.10. The van der Waals surface area contributed by atoms with Gasteiger partial charge < -0.3 is 10.2 Å². The molecule has 1 aliphatic rings. The maximum atomic E-state index is 4.84. The van der Waals surface area contributed by atoms with E-state index < -0.39 is 0 Å². The lowest BCUT2D eigenvalue weighted by Crippen LogP contribution is -2.44. The average molecular weight is 296 g/mol. The molecule has 2 heterocycles. The quantitative estimate of drug-likeness (QED) is 0.942. The monoisotopic (exact) mass is 296 g/mol. The van der Waals surface area contributed by atoms with E-state index in [0.717, 1.165) is 61.9 Å². The zero-order chi connectivity index (χ0) is 15.4. The van der Waals surface area contributed by atoms with Crippen molar-refractivity contribution in [3.8, 4) is 11.4 Å². The highest BCUT2D eigenvalue weighted by atomic mass is 15.2. The maximum absolute atomic E-state index is 4.84. The Bertz CT molecular complexity index is 633. The topological polar surface area (TPSA) is 41.0 Å². The van der Waals surface area contributed by atoms with Crippen LogP contribution in [0.5, 0.6) is 0 Å². The SMILES string of the molecule is CCCc1cc(N2CCNCC2)nc(-c2cccc(C)c2)n1. The molecule has 0 amide bonds. The Hall–Kier alpha value is -1.94. The van der Waals surface area contributed by atoms with Crippen LogP contribution in [0.15, 0.2) is 30.3 Å². The normalized spacial score (nSPS) is 15.1. The van der Waals surface area contributed by atoms with Crippen molar-refractivity contribution in [1.82, 2.24) is 15.3 Å². The summed E-state index contributed by atoms with van der Waals surface area (Å²) in [5.41, 5.74) is 3.49. The minimum absolute atomic E-state index is 0.850. The minimum Gasteiger partial charge on any atom is -0.354 e. The van der Waals surface area contributed by atoms with Gasteiger partial charge in [0, 0.05) is 43.5 Å². The zero-order valence-electron chi connectivity index (χ0n) is 13.5. The Kier molecular flexibility index (Phi) is 4.68. The van der Waals surface area contributed by atoms with Gasteiger partial charge in [0.15, 0.2) is 5.82 Å². The maximum Gasteiger partial charge on any atom is 0.161 e. The van der Waals surface area contributed by atoms with Gasteiger partial charge in [-0.15, -0.1) is 0 Å². The minimum atomic E-state index is 0.850. The van der Waals surface area contributed by atoms with Crippen LogP contribution in [0.4, 0.5) is 5.82 Å². The molecule has 4 heteroatoms. The van der Waals surface area contributed by atoms with Gasteiger partial charge in [0.25, 0.3) is 0 Å². The second-order valence-electron chi connectivity index (χ2n) is 5.90. The van der Waals surface area contributed by atoms with E-state index in [1.54, 1.807) is 0 Å². The Balaban J connectivity index is 1.99. The largest absolute Gasteiger partial charge is 0.354 e. The third-order valence-electron chi connectivity index (χ3n) is 3.99. The first-order valence-corrected chi connectivity index (χ1v) is 8.17. The zero-order valence-corrected chi connectivity index (χ0v) is 13.5. The van der Waals surface area contributed by atoms with Crippen molar-refractivity contribution in [2.24, 2.45) is 0 Å². The first kappa shape index (κ1) is 15.0. The molecule has 1 saturated heterocycles. The molecule has 22 heavy (non-hydrogen) atoms. The molecule has 4 nitrogen and oxygen atoms in total. The summed E-state index contributed by atoms with van der Waals surface area (Å²) >= 11 is 0. The van der Waals surface area contributed by atoms with E-state index >= 15 is 0 Å². The summed E-state index contributed by atoms with van der Waals surface area (Å²) in [5, 5.41) is 3.39. The van der Waals surface area contributed by atoms with E-state index in [0.29, 0.717) is 0 Å². The molecule has 116 valence electrons. The van der Waals surface area contributed by atoms with Crippen LogP contribution in [0, 0.1) is 6.92 Å². The number of nitrogens with one attached hydrogen (secondary N) is 1. The Morgan fingerprint density at radius 2 is 1.95 bits per heavy atom. The lowest BCUT2D eigenvalue weighted by molar-refractivity contribution is 0.584. The Labute approximate surface area is 132 Å². The summed E-state index contributed by atoms with van der Waals surface area (Å²) in [6.45, 7) is 8.36. The fraction of sp³-hybridized carbons (Fsp3) is 0.444. The molecule has 0 radical (unpaired) electrons. The number of hydrogen-bond donors (Lipinski definition) is 1. The van der Waals surface area contributed by atoms with E-state index in [1.165, 1.54) is 5.56 Å². The molecule has 3 rings (SSSR count). The molecule has 0 saturated carbocycles. The van der Waals surface area contributed by atoms with Crippen LogP contribution in [0.2, 0.25) is 0 Å². The predicted molar refractivity (Wildman–Crippen MR) is 91.3 cm³/mol. The van der Waals surface area contributed by atoms with E-state index in [1.807, 2.05) is 0 Å². The summed E-state index contributed by atoms with van der Waals surface area (Å²) in [6, 6.07) is 10.6. The lowest BCUT2D eigenvalue weighted by atomic mass is 10.1. The summed E-state index contributed by atoms with van der Waals surface area (Å²) in [4.78, 5) is 12.0. The van der Waals surface area contributed by atoms with Crippen LogP contribution in [-0.2, 0) is 6.42 Å². The fourth-order valence-corrected chi connectivity index (χ4v) is 2.84. The number of benzene rings is 1. The van der Waals surface area contributed by atoms with Gasteiger partial charge in [0.2, 0.25) is 0 Å². The van der Waals surface area contributed by atoms with Crippen LogP contribution in [0.25, 0.3) is 11.4 Å². The Morgan fingerprint density at radius 1 is 1.14 bits per heavy atom. The van der Waals surface area contributed by atoms with E-state index in [-0.39, 0.29) is 0 Å². The molecular formula is C18H24N4. The molecule has 1 aromatic heterocycles. The van der Waals surface area contributed by atoms with Crippen LogP contribution in [0.3, 0.4) is 0 Å². The van der Waals surface area contributed by atoms with Crippen molar-refractivity contribution in [2.75, 3.05) is 31.1 Å². The van der Waals surface area contributed by atoms with Crippen LogP contribution < -0.4 is 10.2 Å². The van der Waals surface area contributed by atoms with Crippen molar-refractivity contribution in [3.05, 3.63) is 41.6 Å². The smallest absolute Gasteiger partial charge is 0.161 e. The molecule has 2 aromatic rings. The van der Waals surface area contributed by atoms with Crippen LogP contribution in [0.1, 0.15) is 24.6 Å². The fourth-order valence-electron chi connectivity index (χ4n) is 2.84. The third kappa shape index (κ3) is 3.45. The summed E-state index contributed by atoms with van der Waals surface area (Å²) in [7, 11) is 0. The van der Waals surface area contributed by atoms with Gasteiger partial charge >= 0.3 is 0 Å². The van der Waals surface area contributed by atoms with Gasteiger partial charge in [-0.2, -0.15) is 0 Å². The lowest BCUT2D eigenvalue weighted by Gasteiger charge is -2.29. The molecular weight excluding hydrogens is 272 g/mol. The van der Waals surface area contributed by atoms with E-state index in [4.69, 9.17) is 9.97 Å². The van der Waals surface area contributed by atoms with Crippen LogP contribution in [-0.4, -0.2) is 36.1 Å².